The first-order valence-electron chi connectivity index (χ1n) is 11.5. The zero-order valence-corrected chi connectivity index (χ0v) is 18.8. The Bertz CT molecular complexity index is 1250. The van der Waals surface area contributed by atoms with Gasteiger partial charge in [-0.1, -0.05) is 25.2 Å². The standard InChI is InChI=1S/C28H24F6/c1-2-3-4-17-12-21(29)25(22(30)13-17)19-9-7-16(8-10-19)5-6-18-11-20-15-24(32)27(33)28(34)26(20)23(31)14-18/h11-16,19H,2-4,7-10H2,1H3. The second-order valence-corrected chi connectivity index (χ2v) is 8.94. The molecule has 1 aliphatic rings. The molecule has 1 saturated carbocycles. The molecule has 0 N–H and O–H groups in total. The monoisotopic (exact) mass is 474 g/mol. The van der Waals surface area contributed by atoms with Gasteiger partial charge in [-0.25, -0.2) is 26.3 Å². The minimum atomic E-state index is -1.72. The minimum absolute atomic E-state index is 0.0494. The first-order valence-corrected chi connectivity index (χ1v) is 11.5. The lowest BCUT2D eigenvalue weighted by atomic mass is 9.78. The van der Waals surface area contributed by atoms with Crippen molar-refractivity contribution in [2.45, 2.75) is 57.8 Å². The highest BCUT2D eigenvalue weighted by molar-refractivity contribution is 5.85. The first-order chi connectivity index (χ1) is 16.3. The van der Waals surface area contributed by atoms with E-state index in [1.54, 1.807) is 0 Å². The van der Waals surface area contributed by atoms with Crippen LogP contribution in [-0.2, 0) is 6.42 Å². The summed E-state index contributed by atoms with van der Waals surface area (Å²) in [6.45, 7) is 2.03. The van der Waals surface area contributed by atoms with Crippen molar-refractivity contribution in [3.63, 3.8) is 0 Å². The molecule has 0 spiro atoms. The van der Waals surface area contributed by atoms with Crippen LogP contribution < -0.4 is 0 Å². The summed E-state index contributed by atoms with van der Waals surface area (Å²) in [5.41, 5.74) is 1.03. The zero-order chi connectivity index (χ0) is 24.4. The van der Waals surface area contributed by atoms with Gasteiger partial charge in [0.15, 0.2) is 17.5 Å². The second-order valence-electron chi connectivity index (χ2n) is 8.94. The van der Waals surface area contributed by atoms with Gasteiger partial charge in [0, 0.05) is 17.0 Å². The molecule has 3 aromatic rings. The van der Waals surface area contributed by atoms with E-state index in [1.807, 2.05) is 6.92 Å². The number of fused-ring (bicyclic) bond motifs is 1. The molecule has 178 valence electrons. The number of benzene rings is 3. The largest absolute Gasteiger partial charge is 0.207 e. The van der Waals surface area contributed by atoms with Crippen molar-refractivity contribution in [2.24, 2.45) is 5.92 Å². The molecule has 0 heterocycles. The number of unbranched alkanes of at least 4 members (excludes halogenated alkanes) is 1. The molecular weight excluding hydrogens is 450 g/mol. The maximum absolute atomic E-state index is 14.7. The van der Waals surface area contributed by atoms with Gasteiger partial charge in [-0.15, -0.1) is 0 Å². The number of hydrogen-bond donors (Lipinski definition) is 0. The molecule has 1 aliphatic carbocycles. The summed E-state index contributed by atoms with van der Waals surface area (Å²) in [5.74, 6) is -1.10. The number of halogens is 6. The number of aryl methyl sites for hydroxylation is 1. The molecule has 0 aliphatic heterocycles. The topological polar surface area (TPSA) is 0 Å². The molecule has 1 fully saturated rings. The van der Waals surface area contributed by atoms with Crippen LogP contribution in [0.3, 0.4) is 0 Å². The Morgan fingerprint density at radius 1 is 0.765 bits per heavy atom. The van der Waals surface area contributed by atoms with Crippen molar-refractivity contribution >= 4 is 10.8 Å². The molecule has 0 atom stereocenters. The van der Waals surface area contributed by atoms with E-state index < -0.39 is 40.3 Å². The third-order valence-electron chi connectivity index (χ3n) is 6.54. The molecule has 0 radical (unpaired) electrons. The smallest absolute Gasteiger partial charge is 0.195 e. The summed E-state index contributed by atoms with van der Waals surface area (Å²) in [6.07, 6.45) is 4.87. The summed E-state index contributed by atoms with van der Waals surface area (Å²) in [5, 5.41) is -0.729. The predicted octanol–water partition coefficient (Wildman–Crippen LogP) is 8.34. The number of hydrogen-bond acceptors (Lipinski definition) is 0. The third-order valence-corrected chi connectivity index (χ3v) is 6.54. The highest BCUT2D eigenvalue weighted by Gasteiger charge is 2.26. The molecule has 3 aromatic carbocycles. The fourth-order valence-corrected chi connectivity index (χ4v) is 4.72. The Kier molecular flexibility index (Phi) is 7.21. The Morgan fingerprint density at radius 3 is 2.09 bits per heavy atom. The summed E-state index contributed by atoms with van der Waals surface area (Å²) in [7, 11) is 0. The van der Waals surface area contributed by atoms with Gasteiger partial charge in [0.25, 0.3) is 0 Å². The van der Waals surface area contributed by atoms with Crippen molar-refractivity contribution in [2.75, 3.05) is 0 Å². The van der Waals surface area contributed by atoms with Crippen molar-refractivity contribution in [3.05, 3.63) is 81.9 Å². The highest BCUT2D eigenvalue weighted by atomic mass is 19.2. The quantitative estimate of drug-likeness (QED) is 0.203. The normalized spacial score (nSPS) is 18.1. The van der Waals surface area contributed by atoms with E-state index in [1.165, 1.54) is 18.2 Å². The van der Waals surface area contributed by atoms with Gasteiger partial charge >= 0.3 is 0 Å². The average molecular weight is 474 g/mol. The van der Waals surface area contributed by atoms with Crippen LogP contribution in [0.1, 0.15) is 68.1 Å². The van der Waals surface area contributed by atoms with Crippen LogP contribution in [0.25, 0.3) is 10.8 Å². The van der Waals surface area contributed by atoms with Crippen LogP contribution >= 0.6 is 0 Å². The Balaban J connectivity index is 1.47. The molecule has 0 amide bonds. The van der Waals surface area contributed by atoms with Gasteiger partial charge in [-0.05, 0) is 85.7 Å². The zero-order valence-electron chi connectivity index (χ0n) is 18.8. The molecule has 34 heavy (non-hydrogen) atoms. The maximum atomic E-state index is 14.7. The van der Waals surface area contributed by atoms with E-state index in [9.17, 15) is 26.3 Å². The van der Waals surface area contributed by atoms with E-state index in [-0.39, 0.29) is 28.3 Å². The second kappa shape index (κ2) is 10.1. The lowest BCUT2D eigenvalue weighted by molar-refractivity contribution is 0.366. The molecule has 0 saturated heterocycles. The number of rotatable bonds is 4. The highest BCUT2D eigenvalue weighted by Crippen LogP contribution is 2.38. The fraction of sp³-hybridized carbons (Fsp3) is 0.357. The fourth-order valence-electron chi connectivity index (χ4n) is 4.72. The molecular formula is C28H24F6. The molecule has 0 bridgehead atoms. The van der Waals surface area contributed by atoms with Crippen molar-refractivity contribution < 1.29 is 26.3 Å². The predicted molar refractivity (Wildman–Crippen MR) is 120 cm³/mol. The summed E-state index contributed by atoms with van der Waals surface area (Å²) in [4.78, 5) is 0. The van der Waals surface area contributed by atoms with Gasteiger partial charge in [-0.3, -0.25) is 0 Å². The molecule has 0 aromatic heterocycles. The van der Waals surface area contributed by atoms with Crippen molar-refractivity contribution in [1.82, 2.24) is 0 Å². The van der Waals surface area contributed by atoms with Gasteiger partial charge in [0.1, 0.15) is 17.5 Å². The molecule has 0 unspecified atom stereocenters. The molecule has 0 nitrogen and oxygen atoms in total. The summed E-state index contributed by atoms with van der Waals surface area (Å²) < 4.78 is 84.5. The van der Waals surface area contributed by atoms with Gasteiger partial charge in [0.2, 0.25) is 0 Å². The minimum Gasteiger partial charge on any atom is -0.207 e. The van der Waals surface area contributed by atoms with E-state index >= 15 is 0 Å². The Labute approximate surface area is 195 Å². The van der Waals surface area contributed by atoms with E-state index in [0.29, 0.717) is 37.7 Å². The lowest BCUT2D eigenvalue weighted by Gasteiger charge is -2.26. The van der Waals surface area contributed by atoms with Gasteiger partial charge < -0.3 is 0 Å². The Hall–Kier alpha value is -2.94. The van der Waals surface area contributed by atoms with Crippen LogP contribution in [0, 0.1) is 52.7 Å². The Morgan fingerprint density at radius 2 is 1.44 bits per heavy atom. The average Bonchev–Trinajstić information content (AvgIpc) is 2.80. The lowest BCUT2D eigenvalue weighted by Crippen LogP contribution is -2.15. The summed E-state index contributed by atoms with van der Waals surface area (Å²) in [6, 6.07) is 5.92. The molecule has 6 heteroatoms. The third kappa shape index (κ3) is 4.94. The van der Waals surface area contributed by atoms with Crippen LogP contribution in [0.15, 0.2) is 30.3 Å². The van der Waals surface area contributed by atoms with Crippen molar-refractivity contribution in [1.29, 1.82) is 0 Å². The van der Waals surface area contributed by atoms with Crippen LogP contribution in [0.4, 0.5) is 26.3 Å². The van der Waals surface area contributed by atoms with E-state index in [2.05, 4.69) is 11.8 Å². The summed E-state index contributed by atoms with van der Waals surface area (Å²) >= 11 is 0. The van der Waals surface area contributed by atoms with Crippen LogP contribution in [0.5, 0.6) is 0 Å². The van der Waals surface area contributed by atoms with Crippen molar-refractivity contribution in [3.8, 4) is 11.8 Å². The van der Waals surface area contributed by atoms with E-state index in [0.717, 1.165) is 25.0 Å². The maximum Gasteiger partial charge on any atom is 0.195 e. The van der Waals surface area contributed by atoms with Gasteiger partial charge in [0.05, 0.1) is 5.39 Å². The first kappa shape index (κ1) is 24.2. The van der Waals surface area contributed by atoms with Crippen LogP contribution in [0.2, 0.25) is 0 Å². The van der Waals surface area contributed by atoms with Crippen LogP contribution in [-0.4, -0.2) is 0 Å². The van der Waals surface area contributed by atoms with E-state index in [4.69, 9.17) is 0 Å². The van der Waals surface area contributed by atoms with Gasteiger partial charge in [-0.2, -0.15) is 0 Å². The molecule has 4 rings (SSSR count). The SMILES string of the molecule is CCCCc1cc(F)c(C2CCC(C#Cc3cc(F)c4c(F)c(F)c(F)cc4c3)CC2)c(F)c1.